The first-order valence-corrected chi connectivity index (χ1v) is 4.64. The van der Waals surface area contributed by atoms with E-state index in [0.29, 0.717) is 5.56 Å². The molecule has 2 rings (SSSR count). The van der Waals surface area contributed by atoms with Crippen LogP contribution in [0, 0.1) is 11.3 Å². The van der Waals surface area contributed by atoms with E-state index in [1.807, 2.05) is 0 Å². The maximum Gasteiger partial charge on any atom is 0.151 e. The Morgan fingerprint density at radius 3 is 2.64 bits per heavy atom. The SMILES string of the molecule is N#CC1(c2ccc(C=O)cn2)CCC1. The van der Waals surface area contributed by atoms with Crippen LogP contribution in [0.3, 0.4) is 0 Å². The van der Waals surface area contributed by atoms with Crippen molar-refractivity contribution >= 4 is 6.29 Å². The molecular formula is C11H10N2O. The predicted octanol–water partition coefficient (Wildman–Crippen LogP) is 1.84. The molecule has 0 bridgehead atoms. The summed E-state index contributed by atoms with van der Waals surface area (Å²) < 4.78 is 0. The summed E-state index contributed by atoms with van der Waals surface area (Å²) in [5.41, 5.74) is 0.986. The number of aromatic nitrogens is 1. The van der Waals surface area contributed by atoms with Crippen molar-refractivity contribution in [2.75, 3.05) is 0 Å². The molecule has 0 spiro atoms. The van der Waals surface area contributed by atoms with Crippen LogP contribution in [0.2, 0.25) is 0 Å². The summed E-state index contributed by atoms with van der Waals surface area (Å²) >= 11 is 0. The van der Waals surface area contributed by atoms with E-state index in [-0.39, 0.29) is 5.41 Å². The Labute approximate surface area is 82.4 Å². The third-order valence-electron chi connectivity index (χ3n) is 2.83. The number of hydrogen-bond acceptors (Lipinski definition) is 3. The molecule has 70 valence electrons. The van der Waals surface area contributed by atoms with E-state index >= 15 is 0 Å². The van der Waals surface area contributed by atoms with Crippen LogP contribution in [0.1, 0.15) is 35.3 Å². The molecule has 1 aromatic rings. The molecule has 0 aromatic carbocycles. The molecule has 14 heavy (non-hydrogen) atoms. The maximum atomic E-state index is 10.4. The molecule has 1 aliphatic rings. The largest absolute Gasteiger partial charge is 0.298 e. The van der Waals surface area contributed by atoms with Gasteiger partial charge < -0.3 is 0 Å². The average molecular weight is 186 g/mol. The van der Waals surface area contributed by atoms with E-state index in [0.717, 1.165) is 31.2 Å². The zero-order valence-electron chi connectivity index (χ0n) is 7.73. The molecule has 3 nitrogen and oxygen atoms in total. The highest BCUT2D eigenvalue weighted by molar-refractivity contribution is 5.73. The molecule has 0 N–H and O–H groups in total. The fourth-order valence-corrected chi connectivity index (χ4v) is 1.71. The smallest absolute Gasteiger partial charge is 0.151 e. The molecule has 1 aromatic heterocycles. The summed E-state index contributed by atoms with van der Waals surface area (Å²) in [7, 11) is 0. The van der Waals surface area contributed by atoms with E-state index in [2.05, 4.69) is 11.1 Å². The Balaban J connectivity index is 2.33. The molecule has 1 saturated carbocycles. The Bertz CT molecular complexity index is 385. The average Bonchev–Trinajstić information content (AvgIpc) is 2.18. The first kappa shape index (κ1) is 8.89. The molecule has 0 aliphatic heterocycles. The lowest BCUT2D eigenvalue weighted by atomic mass is 9.67. The van der Waals surface area contributed by atoms with Crippen LogP contribution in [0.15, 0.2) is 18.3 Å². The van der Waals surface area contributed by atoms with Crippen molar-refractivity contribution in [3.05, 3.63) is 29.6 Å². The third-order valence-corrected chi connectivity index (χ3v) is 2.83. The standard InChI is InChI=1S/C11H10N2O/c12-8-11(4-1-5-11)10-3-2-9(7-14)6-13-10/h2-3,6-7H,1,4-5H2. The number of nitriles is 1. The normalized spacial score (nSPS) is 17.9. The molecule has 1 fully saturated rings. The summed E-state index contributed by atoms with van der Waals surface area (Å²) in [5.74, 6) is 0. The highest BCUT2D eigenvalue weighted by Crippen LogP contribution is 2.41. The van der Waals surface area contributed by atoms with Gasteiger partial charge in [-0.25, -0.2) is 0 Å². The van der Waals surface area contributed by atoms with Crippen LogP contribution in [0.25, 0.3) is 0 Å². The third kappa shape index (κ3) is 1.20. The number of rotatable bonds is 2. The quantitative estimate of drug-likeness (QED) is 0.662. The van der Waals surface area contributed by atoms with Gasteiger partial charge in [0.15, 0.2) is 6.29 Å². The van der Waals surface area contributed by atoms with Gasteiger partial charge in [0, 0.05) is 11.8 Å². The highest BCUT2D eigenvalue weighted by Gasteiger charge is 2.40. The van der Waals surface area contributed by atoms with Crippen molar-refractivity contribution in [2.45, 2.75) is 24.7 Å². The molecule has 3 heteroatoms. The molecular weight excluding hydrogens is 176 g/mol. The van der Waals surface area contributed by atoms with E-state index in [9.17, 15) is 4.79 Å². The number of aldehydes is 1. The van der Waals surface area contributed by atoms with Crippen molar-refractivity contribution < 1.29 is 4.79 Å². The lowest BCUT2D eigenvalue weighted by Gasteiger charge is -2.34. The van der Waals surface area contributed by atoms with Gasteiger partial charge >= 0.3 is 0 Å². The first-order chi connectivity index (χ1) is 6.80. The first-order valence-electron chi connectivity index (χ1n) is 4.64. The zero-order chi connectivity index (χ0) is 10.0. The lowest BCUT2D eigenvalue weighted by molar-refractivity contribution is 0.112. The van der Waals surface area contributed by atoms with Crippen molar-refractivity contribution in [3.8, 4) is 6.07 Å². The second-order valence-electron chi connectivity index (χ2n) is 3.64. The molecule has 0 amide bonds. The minimum absolute atomic E-state index is 0.374. The Morgan fingerprint density at radius 2 is 2.29 bits per heavy atom. The molecule has 0 radical (unpaired) electrons. The summed E-state index contributed by atoms with van der Waals surface area (Å²) in [6.07, 6.45) is 5.15. The molecule has 0 atom stereocenters. The minimum atomic E-state index is -0.374. The summed E-state index contributed by atoms with van der Waals surface area (Å²) in [6.45, 7) is 0. The van der Waals surface area contributed by atoms with Crippen LogP contribution in [0.5, 0.6) is 0 Å². The van der Waals surface area contributed by atoms with Gasteiger partial charge in [0.25, 0.3) is 0 Å². The Morgan fingerprint density at radius 1 is 1.50 bits per heavy atom. The number of carbonyl (C=O) groups excluding carboxylic acids is 1. The van der Waals surface area contributed by atoms with Crippen molar-refractivity contribution in [3.63, 3.8) is 0 Å². The minimum Gasteiger partial charge on any atom is -0.298 e. The molecule has 0 saturated heterocycles. The van der Waals surface area contributed by atoms with Gasteiger partial charge in [-0.2, -0.15) is 5.26 Å². The lowest BCUT2D eigenvalue weighted by Crippen LogP contribution is -2.33. The van der Waals surface area contributed by atoms with E-state index in [4.69, 9.17) is 5.26 Å². The Kier molecular flexibility index (Phi) is 2.05. The fraction of sp³-hybridized carbons (Fsp3) is 0.364. The summed E-state index contributed by atoms with van der Waals surface area (Å²) in [6, 6.07) is 5.82. The van der Waals surface area contributed by atoms with Crippen LogP contribution in [-0.4, -0.2) is 11.3 Å². The van der Waals surface area contributed by atoms with Crippen LogP contribution >= 0.6 is 0 Å². The van der Waals surface area contributed by atoms with Gasteiger partial charge in [0.05, 0.1) is 17.2 Å². The fourth-order valence-electron chi connectivity index (χ4n) is 1.71. The van der Waals surface area contributed by atoms with Crippen LogP contribution in [0.4, 0.5) is 0 Å². The molecule has 1 heterocycles. The predicted molar refractivity (Wildman–Crippen MR) is 50.8 cm³/mol. The topological polar surface area (TPSA) is 53.8 Å². The second-order valence-corrected chi connectivity index (χ2v) is 3.64. The van der Waals surface area contributed by atoms with Crippen LogP contribution in [-0.2, 0) is 5.41 Å². The molecule has 1 aliphatic carbocycles. The van der Waals surface area contributed by atoms with Crippen molar-refractivity contribution in [1.82, 2.24) is 4.98 Å². The van der Waals surface area contributed by atoms with Crippen LogP contribution < -0.4 is 0 Å². The highest BCUT2D eigenvalue weighted by atomic mass is 16.1. The van der Waals surface area contributed by atoms with Gasteiger partial charge in [0.2, 0.25) is 0 Å². The van der Waals surface area contributed by atoms with Gasteiger partial charge in [-0.3, -0.25) is 9.78 Å². The van der Waals surface area contributed by atoms with Crippen molar-refractivity contribution in [2.24, 2.45) is 0 Å². The maximum absolute atomic E-state index is 10.4. The summed E-state index contributed by atoms with van der Waals surface area (Å²) in [5, 5.41) is 9.06. The molecule has 0 unspecified atom stereocenters. The van der Waals surface area contributed by atoms with Gasteiger partial charge in [-0.1, -0.05) is 0 Å². The van der Waals surface area contributed by atoms with Gasteiger partial charge in [-0.15, -0.1) is 0 Å². The number of nitrogens with zero attached hydrogens (tertiary/aromatic N) is 2. The number of pyridine rings is 1. The summed E-state index contributed by atoms with van der Waals surface area (Å²) in [4.78, 5) is 14.6. The van der Waals surface area contributed by atoms with Gasteiger partial charge in [-0.05, 0) is 31.4 Å². The zero-order valence-corrected chi connectivity index (χ0v) is 7.73. The van der Waals surface area contributed by atoms with E-state index in [1.54, 1.807) is 12.1 Å². The van der Waals surface area contributed by atoms with Crippen molar-refractivity contribution in [1.29, 1.82) is 5.26 Å². The number of hydrogen-bond donors (Lipinski definition) is 0. The second kappa shape index (κ2) is 3.22. The van der Waals surface area contributed by atoms with Gasteiger partial charge in [0.1, 0.15) is 0 Å². The number of carbonyl (C=O) groups is 1. The van der Waals surface area contributed by atoms with E-state index < -0.39 is 0 Å². The monoisotopic (exact) mass is 186 g/mol. The Hall–Kier alpha value is -1.69. The van der Waals surface area contributed by atoms with E-state index in [1.165, 1.54) is 6.20 Å².